The third kappa shape index (κ3) is 3.16. The van der Waals surface area contributed by atoms with Gasteiger partial charge >= 0.3 is 0 Å². The second-order valence-electron chi connectivity index (χ2n) is 4.49. The van der Waals surface area contributed by atoms with Gasteiger partial charge in [-0.25, -0.2) is 8.78 Å². The highest BCUT2D eigenvalue weighted by molar-refractivity contribution is 9.10. The Balaban J connectivity index is 2.44. The first kappa shape index (κ1) is 14.9. The molecule has 0 saturated heterocycles. The van der Waals surface area contributed by atoms with Crippen molar-refractivity contribution < 1.29 is 18.6 Å². The Kier molecular flexibility index (Phi) is 4.40. The molecule has 0 aromatic heterocycles. The van der Waals surface area contributed by atoms with Gasteiger partial charge in [-0.1, -0.05) is 0 Å². The van der Waals surface area contributed by atoms with E-state index in [9.17, 15) is 13.9 Å². The quantitative estimate of drug-likeness (QED) is 0.861. The largest absolute Gasteiger partial charge is 0.456 e. The molecule has 0 aliphatic heterocycles. The van der Waals surface area contributed by atoms with Gasteiger partial charge in [0, 0.05) is 5.56 Å². The van der Waals surface area contributed by atoms with E-state index in [4.69, 9.17) is 4.74 Å². The van der Waals surface area contributed by atoms with Crippen LogP contribution in [0, 0.1) is 18.6 Å². The molecule has 20 heavy (non-hydrogen) atoms. The molecule has 2 rings (SSSR count). The SMILES string of the molecule is Cc1cc(Oc2ccc(F)cc2Br)c([C@H](C)O)cc1F. The topological polar surface area (TPSA) is 29.5 Å². The number of aryl methyl sites for hydroxylation is 1. The van der Waals surface area contributed by atoms with Crippen LogP contribution < -0.4 is 4.74 Å². The lowest BCUT2D eigenvalue weighted by Gasteiger charge is -2.15. The van der Waals surface area contributed by atoms with Crippen molar-refractivity contribution in [3.63, 3.8) is 0 Å². The molecule has 0 aliphatic carbocycles. The molecule has 0 fully saturated rings. The Morgan fingerprint density at radius 3 is 2.45 bits per heavy atom. The van der Waals surface area contributed by atoms with Crippen LogP contribution in [0.5, 0.6) is 11.5 Å². The lowest BCUT2D eigenvalue weighted by Crippen LogP contribution is -1.99. The van der Waals surface area contributed by atoms with Crippen LogP contribution in [0.1, 0.15) is 24.2 Å². The Labute approximate surface area is 124 Å². The molecule has 106 valence electrons. The van der Waals surface area contributed by atoms with Crippen molar-refractivity contribution in [3.05, 3.63) is 57.6 Å². The standard InChI is InChI=1S/C15H13BrF2O2/c1-8-5-15(11(9(2)19)7-13(8)18)20-14-4-3-10(17)6-12(14)16/h3-7,9,19H,1-2H3/t9-/m0/s1. The molecule has 1 atom stereocenters. The first-order valence-electron chi connectivity index (χ1n) is 5.99. The number of rotatable bonds is 3. The van der Waals surface area contributed by atoms with Crippen molar-refractivity contribution in [2.24, 2.45) is 0 Å². The van der Waals surface area contributed by atoms with E-state index in [1.807, 2.05) is 0 Å². The molecule has 0 radical (unpaired) electrons. The molecule has 0 saturated carbocycles. The minimum atomic E-state index is -0.876. The number of aliphatic hydroxyl groups is 1. The summed E-state index contributed by atoms with van der Waals surface area (Å²) in [5, 5.41) is 9.69. The fraction of sp³-hybridized carbons (Fsp3) is 0.200. The highest BCUT2D eigenvalue weighted by Crippen LogP contribution is 2.35. The van der Waals surface area contributed by atoms with Crippen LogP contribution in [0.4, 0.5) is 8.78 Å². The number of halogens is 3. The minimum absolute atomic E-state index is 0.337. The molecule has 2 nitrogen and oxygen atoms in total. The molecule has 2 aromatic rings. The van der Waals surface area contributed by atoms with Crippen molar-refractivity contribution in [2.45, 2.75) is 20.0 Å². The van der Waals surface area contributed by atoms with E-state index in [1.54, 1.807) is 6.92 Å². The van der Waals surface area contributed by atoms with Gasteiger partial charge in [0.15, 0.2) is 0 Å². The van der Waals surface area contributed by atoms with Gasteiger partial charge in [-0.05, 0) is 65.7 Å². The predicted octanol–water partition coefficient (Wildman–Crippen LogP) is 4.88. The third-order valence-electron chi connectivity index (χ3n) is 2.85. The maximum absolute atomic E-state index is 13.6. The third-order valence-corrected chi connectivity index (χ3v) is 3.47. The smallest absolute Gasteiger partial charge is 0.141 e. The molecule has 0 unspecified atom stereocenters. The van der Waals surface area contributed by atoms with Crippen LogP contribution in [0.25, 0.3) is 0 Å². The van der Waals surface area contributed by atoms with Crippen molar-refractivity contribution in [1.29, 1.82) is 0 Å². The van der Waals surface area contributed by atoms with Crippen LogP contribution in [0.15, 0.2) is 34.8 Å². The fourth-order valence-corrected chi connectivity index (χ4v) is 2.19. The van der Waals surface area contributed by atoms with E-state index in [2.05, 4.69) is 15.9 Å². The average Bonchev–Trinajstić information content (AvgIpc) is 2.36. The zero-order valence-corrected chi connectivity index (χ0v) is 12.5. The summed E-state index contributed by atoms with van der Waals surface area (Å²) in [7, 11) is 0. The van der Waals surface area contributed by atoms with E-state index in [0.29, 0.717) is 27.1 Å². The van der Waals surface area contributed by atoms with Gasteiger partial charge in [-0.3, -0.25) is 0 Å². The van der Waals surface area contributed by atoms with Crippen molar-refractivity contribution in [3.8, 4) is 11.5 Å². The van der Waals surface area contributed by atoms with Crippen LogP contribution in [0.3, 0.4) is 0 Å². The second kappa shape index (κ2) is 5.89. The van der Waals surface area contributed by atoms with Gasteiger partial charge in [0.05, 0.1) is 10.6 Å². The second-order valence-corrected chi connectivity index (χ2v) is 5.35. The maximum Gasteiger partial charge on any atom is 0.141 e. The summed E-state index contributed by atoms with van der Waals surface area (Å²) < 4.78 is 32.7. The average molecular weight is 343 g/mol. The zero-order chi connectivity index (χ0) is 14.9. The van der Waals surface area contributed by atoms with Crippen LogP contribution >= 0.6 is 15.9 Å². The van der Waals surface area contributed by atoms with E-state index >= 15 is 0 Å². The van der Waals surface area contributed by atoms with Gasteiger partial charge in [-0.2, -0.15) is 0 Å². The first-order valence-corrected chi connectivity index (χ1v) is 6.79. The normalized spacial score (nSPS) is 12.3. The van der Waals surface area contributed by atoms with Crippen molar-refractivity contribution >= 4 is 15.9 Å². The molecule has 0 heterocycles. The molecule has 0 aliphatic rings. The molecular formula is C15H13BrF2O2. The summed E-state index contributed by atoms with van der Waals surface area (Å²) in [5.74, 6) is -0.0767. The van der Waals surface area contributed by atoms with Crippen molar-refractivity contribution in [2.75, 3.05) is 0 Å². The molecule has 1 N–H and O–H groups in total. The maximum atomic E-state index is 13.6. The van der Waals surface area contributed by atoms with Crippen LogP contribution in [0.2, 0.25) is 0 Å². The highest BCUT2D eigenvalue weighted by atomic mass is 79.9. The number of benzene rings is 2. The van der Waals surface area contributed by atoms with E-state index in [-0.39, 0.29) is 0 Å². The van der Waals surface area contributed by atoms with E-state index < -0.39 is 17.7 Å². The summed E-state index contributed by atoms with van der Waals surface area (Å²) in [6, 6.07) is 6.75. The Hall–Kier alpha value is -1.46. The first-order chi connectivity index (χ1) is 9.38. The summed E-state index contributed by atoms with van der Waals surface area (Å²) in [4.78, 5) is 0. The van der Waals surface area contributed by atoms with Crippen LogP contribution in [-0.2, 0) is 0 Å². The summed E-state index contributed by atoms with van der Waals surface area (Å²) in [6.45, 7) is 3.13. The number of aliphatic hydroxyl groups excluding tert-OH is 1. The molecule has 2 aromatic carbocycles. The molecule has 0 bridgehead atoms. The van der Waals surface area contributed by atoms with Gasteiger partial charge in [0.25, 0.3) is 0 Å². The predicted molar refractivity (Wildman–Crippen MR) is 75.9 cm³/mol. The molecule has 5 heteroatoms. The van der Waals surface area contributed by atoms with E-state index in [1.165, 1.54) is 37.3 Å². The molecule has 0 amide bonds. The van der Waals surface area contributed by atoms with Crippen molar-refractivity contribution in [1.82, 2.24) is 0 Å². The lowest BCUT2D eigenvalue weighted by molar-refractivity contribution is 0.195. The Morgan fingerprint density at radius 2 is 1.85 bits per heavy atom. The number of ether oxygens (including phenoxy) is 1. The molecule has 0 spiro atoms. The van der Waals surface area contributed by atoms with Gasteiger partial charge in [0.2, 0.25) is 0 Å². The van der Waals surface area contributed by atoms with Crippen LogP contribution in [-0.4, -0.2) is 5.11 Å². The van der Waals surface area contributed by atoms with Gasteiger partial charge < -0.3 is 9.84 Å². The lowest BCUT2D eigenvalue weighted by atomic mass is 10.1. The summed E-state index contributed by atoms with van der Waals surface area (Å²) in [5.41, 5.74) is 0.743. The zero-order valence-electron chi connectivity index (χ0n) is 11.0. The molecular weight excluding hydrogens is 330 g/mol. The van der Waals surface area contributed by atoms with E-state index in [0.717, 1.165) is 0 Å². The summed E-state index contributed by atoms with van der Waals surface area (Å²) in [6.07, 6.45) is -0.876. The Morgan fingerprint density at radius 1 is 1.15 bits per heavy atom. The number of hydrogen-bond donors (Lipinski definition) is 1. The highest BCUT2D eigenvalue weighted by Gasteiger charge is 2.15. The summed E-state index contributed by atoms with van der Waals surface area (Å²) >= 11 is 3.20. The Bertz CT molecular complexity index is 642. The van der Waals surface area contributed by atoms with Gasteiger partial charge in [0.1, 0.15) is 23.1 Å². The minimum Gasteiger partial charge on any atom is -0.456 e. The monoisotopic (exact) mass is 342 g/mol. The fourth-order valence-electron chi connectivity index (χ4n) is 1.76. The van der Waals surface area contributed by atoms with Gasteiger partial charge in [-0.15, -0.1) is 0 Å². The number of hydrogen-bond acceptors (Lipinski definition) is 2.